The first-order chi connectivity index (χ1) is 7.38. The normalized spacial score (nSPS) is 11.6. The molecule has 0 bridgehead atoms. The van der Waals surface area contributed by atoms with Gasteiger partial charge in [0.25, 0.3) is 0 Å². The van der Waals surface area contributed by atoms with E-state index in [0.29, 0.717) is 19.0 Å². The highest BCUT2D eigenvalue weighted by Gasteiger charge is 2.09. The molecule has 0 aromatic heterocycles. The molecular formula is C12H16BrFO2. The fourth-order valence-corrected chi connectivity index (χ4v) is 1.45. The number of rotatable bonds is 4. The van der Waals surface area contributed by atoms with Crippen molar-refractivity contribution in [1.82, 2.24) is 0 Å². The predicted octanol–water partition coefficient (Wildman–Crippen LogP) is 3.78. The molecule has 2 nitrogen and oxygen atoms in total. The van der Waals surface area contributed by atoms with Crippen LogP contribution in [0.1, 0.15) is 20.8 Å². The zero-order chi connectivity index (χ0) is 12.2. The van der Waals surface area contributed by atoms with Gasteiger partial charge in [0.05, 0.1) is 16.7 Å². The van der Waals surface area contributed by atoms with Gasteiger partial charge in [0.1, 0.15) is 18.2 Å². The number of hydrogen-bond acceptors (Lipinski definition) is 2. The number of hydrogen-bond donors (Lipinski definition) is 0. The minimum Gasteiger partial charge on any atom is -0.490 e. The standard InChI is InChI=1S/C12H16BrFO2/c1-12(2,3)16-7-6-15-11-8-9(14)4-5-10(11)13/h4-5,8H,6-7H2,1-3H3. The molecule has 0 radical (unpaired) electrons. The van der Waals surface area contributed by atoms with Gasteiger partial charge in [-0.2, -0.15) is 0 Å². The Labute approximate surface area is 104 Å². The van der Waals surface area contributed by atoms with Crippen molar-refractivity contribution >= 4 is 15.9 Å². The van der Waals surface area contributed by atoms with Gasteiger partial charge in [-0.1, -0.05) is 0 Å². The Morgan fingerprint density at radius 2 is 1.94 bits per heavy atom. The minimum atomic E-state index is -0.310. The zero-order valence-corrected chi connectivity index (χ0v) is 11.3. The summed E-state index contributed by atoms with van der Waals surface area (Å²) in [6.45, 7) is 6.81. The highest BCUT2D eigenvalue weighted by Crippen LogP contribution is 2.25. The quantitative estimate of drug-likeness (QED) is 0.786. The topological polar surface area (TPSA) is 18.5 Å². The second-order valence-electron chi connectivity index (χ2n) is 4.38. The molecule has 0 saturated heterocycles. The molecule has 1 rings (SSSR count). The van der Waals surface area contributed by atoms with E-state index in [1.807, 2.05) is 20.8 Å². The average Bonchev–Trinajstić information content (AvgIpc) is 2.16. The van der Waals surface area contributed by atoms with E-state index in [1.165, 1.54) is 12.1 Å². The molecule has 1 aromatic rings. The summed E-state index contributed by atoms with van der Waals surface area (Å²) >= 11 is 3.29. The SMILES string of the molecule is CC(C)(C)OCCOc1cc(F)ccc1Br. The van der Waals surface area contributed by atoms with E-state index in [4.69, 9.17) is 9.47 Å². The maximum absolute atomic E-state index is 12.9. The summed E-state index contributed by atoms with van der Waals surface area (Å²) in [6.07, 6.45) is 0. The first-order valence-corrected chi connectivity index (χ1v) is 5.89. The first-order valence-electron chi connectivity index (χ1n) is 5.10. The Balaban J connectivity index is 2.40. The van der Waals surface area contributed by atoms with Crippen LogP contribution in [0.25, 0.3) is 0 Å². The molecule has 1 aromatic carbocycles. The van der Waals surface area contributed by atoms with Gasteiger partial charge in [-0.05, 0) is 48.8 Å². The summed E-state index contributed by atoms with van der Waals surface area (Å²) < 4.78 is 24.5. The molecule has 0 aliphatic rings. The number of halogens is 2. The monoisotopic (exact) mass is 290 g/mol. The zero-order valence-electron chi connectivity index (χ0n) is 9.72. The van der Waals surface area contributed by atoms with E-state index in [1.54, 1.807) is 6.07 Å². The van der Waals surface area contributed by atoms with Crippen LogP contribution in [0.15, 0.2) is 22.7 Å². The van der Waals surface area contributed by atoms with E-state index in [2.05, 4.69) is 15.9 Å². The highest BCUT2D eigenvalue weighted by molar-refractivity contribution is 9.10. The van der Waals surface area contributed by atoms with Gasteiger partial charge >= 0.3 is 0 Å². The summed E-state index contributed by atoms with van der Waals surface area (Å²) in [7, 11) is 0. The van der Waals surface area contributed by atoms with Crippen LogP contribution in [0.4, 0.5) is 4.39 Å². The molecule has 0 aliphatic heterocycles. The molecule has 0 N–H and O–H groups in total. The molecule has 16 heavy (non-hydrogen) atoms. The second-order valence-corrected chi connectivity index (χ2v) is 5.24. The van der Waals surface area contributed by atoms with Gasteiger partial charge in [-0.15, -0.1) is 0 Å². The first kappa shape index (κ1) is 13.5. The Kier molecular flexibility index (Phi) is 4.74. The van der Waals surface area contributed by atoms with E-state index in [9.17, 15) is 4.39 Å². The van der Waals surface area contributed by atoms with E-state index >= 15 is 0 Å². The molecule has 0 heterocycles. The van der Waals surface area contributed by atoms with Crippen molar-refractivity contribution in [3.8, 4) is 5.75 Å². The molecular weight excluding hydrogens is 275 g/mol. The van der Waals surface area contributed by atoms with Gasteiger partial charge < -0.3 is 9.47 Å². The summed E-state index contributed by atoms with van der Waals surface area (Å²) in [5.74, 6) is 0.187. The van der Waals surface area contributed by atoms with Crippen LogP contribution in [0.2, 0.25) is 0 Å². The summed E-state index contributed by atoms with van der Waals surface area (Å²) in [4.78, 5) is 0. The van der Waals surface area contributed by atoms with Crippen molar-refractivity contribution in [3.05, 3.63) is 28.5 Å². The molecule has 0 unspecified atom stereocenters. The van der Waals surface area contributed by atoms with Gasteiger partial charge in [-0.25, -0.2) is 4.39 Å². The fourth-order valence-electron chi connectivity index (χ4n) is 1.09. The van der Waals surface area contributed by atoms with Gasteiger partial charge in [0, 0.05) is 6.07 Å². The summed E-state index contributed by atoms with van der Waals surface area (Å²) in [6, 6.07) is 4.35. The Morgan fingerprint density at radius 1 is 1.25 bits per heavy atom. The van der Waals surface area contributed by atoms with E-state index in [0.717, 1.165) is 4.47 Å². The summed E-state index contributed by atoms with van der Waals surface area (Å²) in [5.41, 5.74) is -0.178. The van der Waals surface area contributed by atoms with Crippen molar-refractivity contribution in [2.45, 2.75) is 26.4 Å². The Hall–Kier alpha value is -0.610. The second kappa shape index (κ2) is 5.64. The largest absolute Gasteiger partial charge is 0.490 e. The van der Waals surface area contributed by atoms with Crippen LogP contribution in [0, 0.1) is 5.82 Å². The van der Waals surface area contributed by atoms with Crippen LogP contribution >= 0.6 is 15.9 Å². The third-order valence-electron chi connectivity index (χ3n) is 1.77. The molecule has 0 atom stereocenters. The highest BCUT2D eigenvalue weighted by atomic mass is 79.9. The molecule has 0 saturated carbocycles. The molecule has 0 fully saturated rings. The smallest absolute Gasteiger partial charge is 0.136 e. The predicted molar refractivity (Wildman–Crippen MR) is 65.3 cm³/mol. The van der Waals surface area contributed by atoms with Crippen LogP contribution in [0.3, 0.4) is 0 Å². The average molecular weight is 291 g/mol. The van der Waals surface area contributed by atoms with Crippen LogP contribution in [-0.4, -0.2) is 18.8 Å². The van der Waals surface area contributed by atoms with Crippen molar-refractivity contribution in [1.29, 1.82) is 0 Å². The third kappa shape index (κ3) is 4.94. The van der Waals surface area contributed by atoms with Gasteiger partial charge in [-0.3, -0.25) is 0 Å². The van der Waals surface area contributed by atoms with E-state index < -0.39 is 0 Å². The molecule has 0 spiro atoms. The molecule has 0 aliphatic carbocycles. The molecule has 4 heteroatoms. The van der Waals surface area contributed by atoms with Crippen LogP contribution in [-0.2, 0) is 4.74 Å². The lowest BCUT2D eigenvalue weighted by atomic mass is 10.2. The fraction of sp³-hybridized carbons (Fsp3) is 0.500. The minimum absolute atomic E-state index is 0.178. The maximum Gasteiger partial charge on any atom is 0.136 e. The number of ether oxygens (including phenoxy) is 2. The number of benzene rings is 1. The van der Waals surface area contributed by atoms with Crippen LogP contribution < -0.4 is 4.74 Å². The van der Waals surface area contributed by atoms with Crippen molar-refractivity contribution < 1.29 is 13.9 Å². The van der Waals surface area contributed by atoms with Crippen molar-refractivity contribution in [3.63, 3.8) is 0 Å². The van der Waals surface area contributed by atoms with Crippen molar-refractivity contribution in [2.24, 2.45) is 0 Å². The Morgan fingerprint density at radius 3 is 2.56 bits per heavy atom. The van der Waals surface area contributed by atoms with Gasteiger partial charge in [0.2, 0.25) is 0 Å². The lowest BCUT2D eigenvalue weighted by molar-refractivity contribution is -0.0164. The molecule has 90 valence electrons. The maximum atomic E-state index is 12.9. The lowest BCUT2D eigenvalue weighted by Gasteiger charge is -2.19. The molecule has 0 amide bonds. The van der Waals surface area contributed by atoms with Gasteiger partial charge in [0.15, 0.2) is 0 Å². The lowest BCUT2D eigenvalue weighted by Crippen LogP contribution is -2.22. The summed E-state index contributed by atoms with van der Waals surface area (Å²) in [5, 5.41) is 0. The van der Waals surface area contributed by atoms with Crippen molar-refractivity contribution in [2.75, 3.05) is 13.2 Å². The Bertz CT molecular complexity index is 347. The van der Waals surface area contributed by atoms with E-state index in [-0.39, 0.29) is 11.4 Å². The third-order valence-corrected chi connectivity index (χ3v) is 2.42. The van der Waals surface area contributed by atoms with Crippen LogP contribution in [0.5, 0.6) is 5.75 Å².